The maximum atomic E-state index is 12.6. The first kappa shape index (κ1) is 20.0. The quantitative estimate of drug-likeness (QED) is 0.409. The zero-order chi connectivity index (χ0) is 20.5. The van der Waals surface area contributed by atoms with Gasteiger partial charge < -0.3 is 9.47 Å². The normalized spacial score (nSPS) is 13.2. The van der Waals surface area contributed by atoms with Crippen LogP contribution < -0.4 is 9.47 Å². The lowest BCUT2D eigenvalue weighted by Crippen LogP contribution is -2.10. The van der Waals surface area contributed by atoms with Crippen molar-refractivity contribution in [3.05, 3.63) is 74.4 Å². The zero-order valence-corrected chi connectivity index (χ0v) is 17.6. The molecule has 0 amide bonds. The molecule has 2 aromatic carbocycles. The number of halogens is 3. The van der Waals surface area contributed by atoms with Gasteiger partial charge in [-0.3, -0.25) is 0 Å². The summed E-state index contributed by atoms with van der Waals surface area (Å²) < 4.78 is 11.5. The second kappa shape index (κ2) is 8.19. The Morgan fingerprint density at radius 3 is 2.45 bits per heavy atom. The van der Waals surface area contributed by atoms with Crippen molar-refractivity contribution >= 4 is 40.8 Å². The minimum Gasteiger partial charge on any atom is -0.434 e. The van der Waals surface area contributed by atoms with Crippen molar-refractivity contribution in [1.82, 2.24) is 10.2 Å². The smallest absolute Gasteiger partial charge is 0.343 e. The Morgan fingerprint density at radius 1 is 1.03 bits per heavy atom. The monoisotopic (exact) mass is 448 g/mol. The Labute approximate surface area is 182 Å². The third kappa shape index (κ3) is 4.64. The molecule has 0 spiro atoms. The highest BCUT2D eigenvalue weighted by Gasteiger charge is 2.28. The van der Waals surface area contributed by atoms with Gasteiger partial charge >= 0.3 is 5.97 Å². The van der Waals surface area contributed by atoms with Crippen LogP contribution in [0.25, 0.3) is 0 Å². The molecule has 1 fully saturated rings. The molecule has 29 heavy (non-hydrogen) atoms. The van der Waals surface area contributed by atoms with Crippen molar-refractivity contribution in [1.29, 1.82) is 0 Å². The minimum absolute atomic E-state index is 0.0482. The van der Waals surface area contributed by atoms with E-state index in [9.17, 15) is 4.79 Å². The third-order valence-corrected chi connectivity index (χ3v) is 5.08. The highest BCUT2D eigenvalue weighted by molar-refractivity contribution is 6.35. The van der Waals surface area contributed by atoms with Crippen LogP contribution in [0, 0.1) is 6.92 Å². The molecule has 8 heteroatoms. The number of ether oxygens (including phenoxy) is 2. The molecule has 1 aromatic heterocycles. The number of esters is 1. The molecule has 1 aliphatic carbocycles. The van der Waals surface area contributed by atoms with Gasteiger partial charge in [-0.1, -0.05) is 53.0 Å². The average Bonchev–Trinajstić information content (AvgIpc) is 3.49. The van der Waals surface area contributed by atoms with Gasteiger partial charge in [-0.2, -0.15) is 0 Å². The molecule has 5 nitrogen and oxygen atoms in total. The van der Waals surface area contributed by atoms with E-state index in [0.29, 0.717) is 21.7 Å². The molecule has 1 saturated carbocycles. The number of benzene rings is 2. The molecular formula is C21H15Cl3N2O3. The molecular weight excluding hydrogens is 435 g/mol. The number of hydrogen-bond acceptors (Lipinski definition) is 5. The Kier molecular flexibility index (Phi) is 5.63. The summed E-state index contributed by atoms with van der Waals surface area (Å²) >= 11 is 17.9. The van der Waals surface area contributed by atoms with Gasteiger partial charge in [-0.05, 0) is 55.0 Å². The summed E-state index contributed by atoms with van der Waals surface area (Å²) in [6.07, 6.45) is 2.23. The van der Waals surface area contributed by atoms with Crippen LogP contribution in [0.5, 0.6) is 17.4 Å². The van der Waals surface area contributed by atoms with E-state index >= 15 is 0 Å². The Hall–Kier alpha value is -2.34. The first-order valence-electron chi connectivity index (χ1n) is 8.89. The summed E-state index contributed by atoms with van der Waals surface area (Å²) in [6.45, 7) is 1.95. The molecule has 1 aliphatic rings. The van der Waals surface area contributed by atoms with Crippen molar-refractivity contribution in [2.75, 3.05) is 0 Å². The Balaban J connectivity index is 1.66. The van der Waals surface area contributed by atoms with Crippen LogP contribution in [-0.4, -0.2) is 16.2 Å². The average molecular weight is 450 g/mol. The van der Waals surface area contributed by atoms with Crippen molar-refractivity contribution in [3.8, 4) is 17.4 Å². The van der Waals surface area contributed by atoms with Gasteiger partial charge in [-0.15, -0.1) is 10.2 Å². The van der Waals surface area contributed by atoms with Gasteiger partial charge in [0.1, 0.15) is 5.75 Å². The molecule has 0 N–H and O–H groups in total. The van der Waals surface area contributed by atoms with Crippen molar-refractivity contribution in [2.24, 2.45) is 0 Å². The number of rotatable bonds is 5. The fraction of sp³-hybridized carbons (Fsp3) is 0.190. The van der Waals surface area contributed by atoms with Crippen LogP contribution in [-0.2, 0) is 0 Å². The second-order valence-corrected chi connectivity index (χ2v) is 8.01. The number of para-hydroxylation sites is 1. The molecule has 0 radical (unpaired) electrons. The van der Waals surface area contributed by atoms with Gasteiger partial charge in [0, 0.05) is 16.1 Å². The van der Waals surface area contributed by atoms with E-state index in [1.54, 1.807) is 0 Å². The molecule has 148 valence electrons. The van der Waals surface area contributed by atoms with E-state index in [0.717, 1.165) is 24.0 Å². The Bertz CT molecular complexity index is 1080. The third-order valence-electron chi connectivity index (χ3n) is 4.46. The SMILES string of the molecule is Cc1cccc(C2CC2)c1Oc1nnc(Cl)cc1OC(=O)c1cc(Cl)cc(Cl)c1. The van der Waals surface area contributed by atoms with Crippen LogP contribution in [0.4, 0.5) is 0 Å². The van der Waals surface area contributed by atoms with Crippen LogP contribution in [0.15, 0.2) is 42.5 Å². The Morgan fingerprint density at radius 2 is 1.76 bits per heavy atom. The van der Waals surface area contributed by atoms with Gasteiger partial charge in [0.2, 0.25) is 0 Å². The minimum atomic E-state index is -0.671. The molecule has 0 aliphatic heterocycles. The molecule has 3 aromatic rings. The van der Waals surface area contributed by atoms with Gasteiger partial charge in [-0.25, -0.2) is 4.79 Å². The number of carbonyl (C=O) groups is 1. The summed E-state index contributed by atoms with van der Waals surface area (Å²) in [7, 11) is 0. The highest BCUT2D eigenvalue weighted by atomic mass is 35.5. The van der Waals surface area contributed by atoms with E-state index in [1.165, 1.54) is 24.3 Å². The lowest BCUT2D eigenvalue weighted by atomic mass is 10.1. The first-order chi connectivity index (χ1) is 13.9. The largest absolute Gasteiger partial charge is 0.434 e. The fourth-order valence-electron chi connectivity index (χ4n) is 2.94. The standard InChI is InChI=1S/C21H15Cl3N2O3/c1-11-3-2-4-16(12-5-6-12)19(11)29-20-17(10-18(24)25-26-20)28-21(27)13-7-14(22)9-15(23)8-13/h2-4,7-10,12H,5-6H2,1H3. The predicted molar refractivity (Wildman–Crippen MR) is 112 cm³/mol. The summed E-state index contributed by atoms with van der Waals surface area (Å²) in [5.74, 6) is 0.582. The molecule has 0 bridgehead atoms. The maximum absolute atomic E-state index is 12.6. The van der Waals surface area contributed by atoms with Gasteiger partial charge in [0.25, 0.3) is 5.88 Å². The van der Waals surface area contributed by atoms with Crippen LogP contribution in [0.1, 0.15) is 40.2 Å². The van der Waals surface area contributed by atoms with Crippen LogP contribution in [0.3, 0.4) is 0 Å². The first-order valence-corrected chi connectivity index (χ1v) is 10.0. The lowest BCUT2D eigenvalue weighted by Gasteiger charge is -2.15. The van der Waals surface area contributed by atoms with Crippen molar-refractivity contribution in [3.63, 3.8) is 0 Å². The summed E-state index contributed by atoms with van der Waals surface area (Å²) in [5, 5.41) is 8.51. The zero-order valence-electron chi connectivity index (χ0n) is 15.3. The van der Waals surface area contributed by atoms with Crippen LogP contribution >= 0.6 is 34.8 Å². The van der Waals surface area contributed by atoms with Gasteiger partial charge in [0.15, 0.2) is 10.9 Å². The van der Waals surface area contributed by atoms with Crippen molar-refractivity contribution < 1.29 is 14.3 Å². The van der Waals surface area contributed by atoms with E-state index < -0.39 is 5.97 Å². The molecule has 0 atom stereocenters. The maximum Gasteiger partial charge on any atom is 0.343 e. The highest BCUT2D eigenvalue weighted by Crippen LogP contribution is 2.46. The number of aryl methyl sites for hydroxylation is 1. The number of carbonyl (C=O) groups excluding carboxylic acids is 1. The predicted octanol–water partition coefficient (Wildman–Crippen LogP) is 6.63. The summed E-state index contributed by atoms with van der Waals surface area (Å²) in [4.78, 5) is 12.6. The number of aromatic nitrogens is 2. The van der Waals surface area contributed by atoms with Crippen molar-refractivity contribution in [2.45, 2.75) is 25.7 Å². The molecule has 1 heterocycles. The molecule has 0 unspecified atom stereocenters. The van der Waals surface area contributed by atoms with E-state index in [2.05, 4.69) is 10.2 Å². The summed E-state index contributed by atoms with van der Waals surface area (Å²) in [6, 6.07) is 11.8. The van der Waals surface area contributed by atoms with Crippen LogP contribution in [0.2, 0.25) is 15.2 Å². The van der Waals surface area contributed by atoms with E-state index in [-0.39, 0.29) is 22.3 Å². The van der Waals surface area contributed by atoms with E-state index in [1.807, 2.05) is 25.1 Å². The van der Waals surface area contributed by atoms with E-state index in [4.69, 9.17) is 44.3 Å². The lowest BCUT2D eigenvalue weighted by molar-refractivity contribution is 0.0729. The second-order valence-electron chi connectivity index (χ2n) is 6.75. The number of nitrogens with zero attached hydrogens (tertiary/aromatic N) is 2. The summed E-state index contributed by atoms with van der Waals surface area (Å²) in [5.41, 5.74) is 2.24. The molecule has 4 rings (SSSR count). The topological polar surface area (TPSA) is 61.3 Å². The van der Waals surface area contributed by atoms with Gasteiger partial charge in [0.05, 0.1) is 5.56 Å². The molecule has 0 saturated heterocycles. The number of hydrogen-bond donors (Lipinski definition) is 0. The fourth-order valence-corrected chi connectivity index (χ4v) is 3.61.